The Morgan fingerprint density at radius 1 is 1.14 bits per heavy atom. The molecule has 29 heavy (non-hydrogen) atoms. The first-order chi connectivity index (χ1) is 13.8. The van der Waals surface area contributed by atoms with E-state index in [0.29, 0.717) is 10.7 Å². The van der Waals surface area contributed by atoms with Crippen LogP contribution in [0.2, 0.25) is 0 Å². The summed E-state index contributed by atoms with van der Waals surface area (Å²) >= 11 is 1.39. The fourth-order valence-electron chi connectivity index (χ4n) is 3.27. The smallest absolute Gasteiger partial charge is 0.316 e. The molecule has 7 heteroatoms. The first-order valence-corrected chi connectivity index (χ1v) is 10.2. The molecule has 1 aliphatic rings. The van der Waals surface area contributed by atoms with Gasteiger partial charge in [0.1, 0.15) is 0 Å². The van der Waals surface area contributed by atoms with E-state index in [-0.39, 0.29) is 5.56 Å². The van der Waals surface area contributed by atoms with Crippen molar-refractivity contribution in [2.75, 3.05) is 0 Å². The lowest BCUT2D eigenvalue weighted by Gasteiger charge is -2.10. The number of rotatable bonds is 4. The van der Waals surface area contributed by atoms with Gasteiger partial charge >= 0.3 is 6.18 Å². The van der Waals surface area contributed by atoms with Crippen LogP contribution in [0, 0.1) is 12.8 Å². The number of thiazole rings is 1. The van der Waals surface area contributed by atoms with Crippen molar-refractivity contribution in [1.82, 2.24) is 4.57 Å². The fraction of sp³-hybridized carbons (Fsp3) is 0.273. The Balaban J connectivity index is 1.78. The van der Waals surface area contributed by atoms with Crippen LogP contribution in [0.25, 0.3) is 11.3 Å². The molecular formula is C22H19F3N2OS. The van der Waals surface area contributed by atoms with Crippen molar-refractivity contribution in [3.63, 3.8) is 0 Å². The molecule has 0 N–H and O–H groups in total. The van der Waals surface area contributed by atoms with Crippen LogP contribution in [-0.4, -0.2) is 10.5 Å². The molecule has 150 valence electrons. The summed E-state index contributed by atoms with van der Waals surface area (Å²) in [6.07, 6.45) is -2.23. The number of halogens is 3. The predicted octanol–water partition coefficient (Wildman–Crippen LogP) is 5.69. The molecule has 1 aromatic heterocycles. The van der Waals surface area contributed by atoms with Gasteiger partial charge in [0.25, 0.3) is 5.91 Å². The maximum Gasteiger partial charge on any atom is 0.416 e. The summed E-state index contributed by atoms with van der Waals surface area (Å²) in [5.41, 5.74) is 1.13. The molecule has 0 saturated heterocycles. The second-order valence-electron chi connectivity index (χ2n) is 7.20. The third kappa shape index (κ3) is 4.34. The number of alkyl halides is 3. The van der Waals surface area contributed by atoms with Crippen molar-refractivity contribution < 1.29 is 18.0 Å². The molecule has 1 amide bonds. The predicted molar refractivity (Wildman–Crippen MR) is 107 cm³/mol. The highest BCUT2D eigenvalue weighted by Crippen LogP contribution is 2.34. The van der Waals surface area contributed by atoms with Gasteiger partial charge in [-0.05, 0) is 49.4 Å². The van der Waals surface area contributed by atoms with Gasteiger partial charge in [-0.3, -0.25) is 4.79 Å². The maximum atomic E-state index is 13.0. The number of aromatic nitrogens is 1. The summed E-state index contributed by atoms with van der Waals surface area (Å²) in [7, 11) is 0. The van der Waals surface area contributed by atoms with E-state index in [1.165, 1.54) is 23.5 Å². The zero-order valence-electron chi connectivity index (χ0n) is 15.7. The number of hydrogen-bond donors (Lipinski definition) is 0. The Morgan fingerprint density at radius 2 is 1.86 bits per heavy atom. The molecule has 3 aromatic rings. The molecule has 0 spiro atoms. The van der Waals surface area contributed by atoms with Crippen molar-refractivity contribution >= 4 is 17.2 Å². The van der Waals surface area contributed by atoms with Gasteiger partial charge in [-0.1, -0.05) is 36.4 Å². The molecule has 0 radical (unpaired) electrons. The zero-order chi connectivity index (χ0) is 20.6. The van der Waals surface area contributed by atoms with E-state index in [2.05, 4.69) is 4.99 Å². The van der Waals surface area contributed by atoms with Gasteiger partial charge in [0.2, 0.25) is 0 Å². The second-order valence-corrected chi connectivity index (χ2v) is 8.39. The standard InChI is InChI=1S/C22H19F3N2OS/c1-14-19(16-6-3-2-4-7-16)27(13-15-10-11-15)21(29-14)26-20(28)17-8-5-9-18(12-17)22(23,24)25/h2-9,12,15H,10-11,13H2,1H3/b26-21-. The van der Waals surface area contributed by atoms with E-state index >= 15 is 0 Å². The SMILES string of the molecule is Cc1s/c(=N\C(=O)c2cccc(C(F)(F)F)c2)n(CC2CC2)c1-c1ccccc1. The first kappa shape index (κ1) is 19.6. The van der Waals surface area contributed by atoms with Crippen LogP contribution in [0.4, 0.5) is 13.2 Å². The second kappa shape index (κ2) is 7.63. The van der Waals surface area contributed by atoms with E-state index in [9.17, 15) is 18.0 Å². The number of nitrogens with zero attached hydrogens (tertiary/aromatic N) is 2. The normalized spacial score (nSPS) is 15.0. The molecule has 1 saturated carbocycles. The van der Waals surface area contributed by atoms with Gasteiger partial charge in [-0.15, -0.1) is 11.3 Å². The summed E-state index contributed by atoms with van der Waals surface area (Å²) < 4.78 is 41.0. The van der Waals surface area contributed by atoms with Crippen molar-refractivity contribution in [3.05, 3.63) is 75.4 Å². The number of benzene rings is 2. The molecule has 4 rings (SSSR count). The van der Waals surface area contributed by atoms with Gasteiger partial charge in [0.05, 0.1) is 11.3 Å². The molecule has 1 fully saturated rings. The van der Waals surface area contributed by atoms with Crippen LogP contribution in [0.1, 0.15) is 33.6 Å². The Bertz CT molecular complexity index is 1110. The van der Waals surface area contributed by atoms with Crippen LogP contribution in [0.5, 0.6) is 0 Å². The number of hydrogen-bond acceptors (Lipinski definition) is 2. The van der Waals surface area contributed by atoms with Gasteiger partial charge in [-0.2, -0.15) is 18.2 Å². The fourth-order valence-corrected chi connectivity index (χ4v) is 4.28. The van der Waals surface area contributed by atoms with Gasteiger partial charge in [-0.25, -0.2) is 0 Å². The highest BCUT2D eigenvalue weighted by Gasteiger charge is 2.31. The number of carbonyl (C=O) groups is 1. The van der Waals surface area contributed by atoms with Gasteiger partial charge in [0, 0.05) is 17.0 Å². The highest BCUT2D eigenvalue weighted by molar-refractivity contribution is 7.09. The van der Waals surface area contributed by atoms with E-state index < -0.39 is 17.6 Å². The zero-order valence-corrected chi connectivity index (χ0v) is 16.6. The van der Waals surface area contributed by atoms with Crippen LogP contribution < -0.4 is 4.80 Å². The average molecular weight is 416 g/mol. The molecule has 1 aliphatic carbocycles. The minimum absolute atomic E-state index is 0.0647. The Morgan fingerprint density at radius 3 is 2.52 bits per heavy atom. The number of amides is 1. The Labute approximate surface area is 170 Å². The molecule has 0 bridgehead atoms. The van der Waals surface area contributed by atoms with E-state index in [0.717, 1.165) is 47.7 Å². The molecule has 3 nitrogen and oxygen atoms in total. The summed E-state index contributed by atoms with van der Waals surface area (Å²) in [5.74, 6) is -0.115. The molecule has 2 aromatic carbocycles. The quantitative estimate of drug-likeness (QED) is 0.538. The van der Waals surface area contributed by atoms with Crippen LogP contribution in [0.3, 0.4) is 0 Å². The lowest BCUT2D eigenvalue weighted by atomic mass is 10.1. The molecule has 1 heterocycles. The summed E-state index contributed by atoms with van der Waals surface area (Å²) in [6.45, 7) is 2.73. The number of carbonyl (C=O) groups excluding carboxylic acids is 1. The minimum atomic E-state index is -4.50. The van der Waals surface area contributed by atoms with Gasteiger partial charge in [0.15, 0.2) is 4.80 Å². The summed E-state index contributed by atoms with van der Waals surface area (Å²) in [6, 6.07) is 14.3. The molecule has 0 aliphatic heterocycles. The third-order valence-corrected chi connectivity index (χ3v) is 5.89. The van der Waals surface area contributed by atoms with Crippen molar-refractivity contribution in [1.29, 1.82) is 0 Å². The lowest BCUT2D eigenvalue weighted by molar-refractivity contribution is -0.137. The van der Waals surface area contributed by atoms with E-state index in [4.69, 9.17) is 0 Å². The van der Waals surface area contributed by atoms with Crippen molar-refractivity contribution in [2.45, 2.75) is 32.5 Å². The average Bonchev–Trinajstić information content (AvgIpc) is 3.46. The van der Waals surface area contributed by atoms with E-state index in [1.807, 2.05) is 41.8 Å². The maximum absolute atomic E-state index is 13.0. The third-order valence-electron chi connectivity index (χ3n) is 4.90. The topological polar surface area (TPSA) is 34.4 Å². The molecule has 0 unspecified atom stereocenters. The van der Waals surface area contributed by atoms with Crippen molar-refractivity contribution in [2.24, 2.45) is 10.9 Å². The number of aryl methyl sites for hydroxylation is 1. The Hall–Kier alpha value is -2.67. The van der Waals surface area contributed by atoms with Crippen LogP contribution in [0.15, 0.2) is 59.6 Å². The molecular weight excluding hydrogens is 397 g/mol. The summed E-state index contributed by atoms with van der Waals surface area (Å²) in [5, 5.41) is 0. The van der Waals surface area contributed by atoms with Crippen LogP contribution in [-0.2, 0) is 12.7 Å². The lowest BCUT2D eigenvalue weighted by Crippen LogP contribution is -2.19. The first-order valence-electron chi connectivity index (χ1n) is 9.35. The largest absolute Gasteiger partial charge is 0.416 e. The van der Waals surface area contributed by atoms with Crippen LogP contribution >= 0.6 is 11.3 Å². The highest BCUT2D eigenvalue weighted by atomic mass is 32.1. The summed E-state index contributed by atoms with van der Waals surface area (Å²) in [4.78, 5) is 18.4. The van der Waals surface area contributed by atoms with Crippen molar-refractivity contribution in [3.8, 4) is 11.3 Å². The Kier molecular flexibility index (Phi) is 5.17. The molecule has 0 atom stereocenters. The minimum Gasteiger partial charge on any atom is -0.316 e. The monoisotopic (exact) mass is 416 g/mol. The van der Waals surface area contributed by atoms with Gasteiger partial charge < -0.3 is 4.57 Å². The van der Waals surface area contributed by atoms with E-state index in [1.54, 1.807) is 0 Å².